The zero-order valence-corrected chi connectivity index (χ0v) is 21.9. The molecule has 8 heteroatoms. The Morgan fingerprint density at radius 2 is 1.75 bits per heavy atom. The van der Waals surface area contributed by atoms with Crippen molar-refractivity contribution in [1.29, 1.82) is 0 Å². The van der Waals surface area contributed by atoms with E-state index in [0.717, 1.165) is 50.5 Å². The molecule has 8 nitrogen and oxygen atoms in total. The van der Waals surface area contributed by atoms with Gasteiger partial charge in [0, 0.05) is 6.20 Å². The number of unbranched alkanes of at least 4 members (excludes halogenated alkanes) is 5. The molecule has 0 radical (unpaired) electrons. The third-order valence-corrected chi connectivity index (χ3v) is 6.63. The predicted octanol–water partition coefficient (Wildman–Crippen LogP) is 4.41. The molecule has 1 aliphatic rings. The van der Waals surface area contributed by atoms with Gasteiger partial charge in [0.05, 0.1) is 12.7 Å². The maximum Gasteiger partial charge on any atom is 0.329 e. The number of rotatable bonds is 16. The molecule has 0 aromatic heterocycles. The lowest BCUT2D eigenvalue weighted by atomic mass is 10.0. The van der Waals surface area contributed by atoms with Crippen LogP contribution in [0.5, 0.6) is 5.75 Å². The van der Waals surface area contributed by atoms with E-state index in [4.69, 9.17) is 15.2 Å². The van der Waals surface area contributed by atoms with Crippen molar-refractivity contribution in [2.45, 2.75) is 103 Å². The summed E-state index contributed by atoms with van der Waals surface area (Å²) in [7, 11) is 1.52. The summed E-state index contributed by atoms with van der Waals surface area (Å²) in [5, 5.41) is 9.55. The van der Waals surface area contributed by atoms with Crippen molar-refractivity contribution < 1.29 is 29.0 Å². The van der Waals surface area contributed by atoms with E-state index in [1.54, 1.807) is 12.3 Å². The van der Waals surface area contributed by atoms with E-state index in [-0.39, 0.29) is 12.0 Å². The van der Waals surface area contributed by atoms with E-state index in [1.165, 1.54) is 12.0 Å². The molecule has 0 saturated heterocycles. The van der Waals surface area contributed by atoms with Gasteiger partial charge in [-0.05, 0) is 57.1 Å². The summed E-state index contributed by atoms with van der Waals surface area (Å²) >= 11 is 0. The normalized spacial score (nSPS) is 16.6. The lowest BCUT2D eigenvalue weighted by Gasteiger charge is -2.26. The first-order valence-electron chi connectivity index (χ1n) is 13.1. The van der Waals surface area contributed by atoms with Crippen molar-refractivity contribution in [1.82, 2.24) is 4.90 Å². The van der Waals surface area contributed by atoms with Crippen molar-refractivity contribution >= 4 is 17.8 Å². The van der Waals surface area contributed by atoms with Crippen LogP contribution in [0.3, 0.4) is 0 Å². The maximum atomic E-state index is 13.4. The van der Waals surface area contributed by atoms with Crippen LogP contribution in [0.4, 0.5) is 0 Å². The molecule has 1 heterocycles. The Hall–Kier alpha value is -2.87. The molecule has 2 amide bonds. The van der Waals surface area contributed by atoms with E-state index in [1.807, 2.05) is 25.1 Å². The van der Waals surface area contributed by atoms with Gasteiger partial charge >= 0.3 is 5.97 Å². The van der Waals surface area contributed by atoms with Crippen molar-refractivity contribution in [3.8, 4) is 5.75 Å². The highest BCUT2D eigenvalue weighted by Crippen LogP contribution is 2.28. The number of nitrogens with zero attached hydrogens (tertiary/aromatic N) is 1. The number of esters is 1. The summed E-state index contributed by atoms with van der Waals surface area (Å²) in [6, 6.07) is 4.71. The van der Waals surface area contributed by atoms with Crippen molar-refractivity contribution in [2.24, 2.45) is 5.73 Å². The number of aliphatic hydroxyl groups excluding tert-OH is 1. The average Bonchev–Trinajstić information content (AvgIpc) is 3.35. The van der Waals surface area contributed by atoms with Crippen LogP contribution >= 0.6 is 0 Å². The number of benzene rings is 1. The smallest absolute Gasteiger partial charge is 0.329 e. The topological polar surface area (TPSA) is 119 Å². The van der Waals surface area contributed by atoms with Crippen molar-refractivity contribution in [2.75, 3.05) is 7.11 Å². The largest absolute Gasteiger partial charge is 0.496 e. The molecular weight excluding hydrogens is 460 g/mol. The molecule has 3 atom stereocenters. The third kappa shape index (κ3) is 8.66. The lowest BCUT2D eigenvalue weighted by Crippen LogP contribution is -2.41. The molecule has 2 rings (SSSR count). The zero-order valence-electron chi connectivity index (χ0n) is 21.9. The third-order valence-electron chi connectivity index (χ3n) is 6.63. The molecule has 3 N–H and O–H groups in total. The van der Waals surface area contributed by atoms with Gasteiger partial charge in [0.15, 0.2) is 0 Å². The molecule has 36 heavy (non-hydrogen) atoms. The average molecular weight is 503 g/mol. The van der Waals surface area contributed by atoms with E-state index < -0.39 is 24.0 Å². The molecule has 1 aromatic rings. The Kier molecular flexibility index (Phi) is 12.5. The maximum absolute atomic E-state index is 13.4. The number of aliphatic hydroxyl groups is 1. The Balaban J connectivity index is 2.00. The molecule has 200 valence electrons. The van der Waals surface area contributed by atoms with Crippen LogP contribution in [0.2, 0.25) is 0 Å². The minimum atomic E-state index is -1.11. The fourth-order valence-electron chi connectivity index (χ4n) is 4.49. The van der Waals surface area contributed by atoms with Gasteiger partial charge in [-0.15, -0.1) is 0 Å². The summed E-state index contributed by atoms with van der Waals surface area (Å²) < 4.78 is 11.4. The molecule has 0 aliphatic carbocycles. The van der Waals surface area contributed by atoms with Crippen LogP contribution < -0.4 is 10.5 Å². The van der Waals surface area contributed by atoms with Gasteiger partial charge in [-0.25, -0.2) is 4.79 Å². The Bertz CT molecular complexity index is 900. The minimum absolute atomic E-state index is 0.235. The van der Waals surface area contributed by atoms with E-state index in [2.05, 4.69) is 6.92 Å². The highest BCUT2D eigenvalue weighted by Gasteiger charge is 2.35. The minimum Gasteiger partial charge on any atom is -0.496 e. The summed E-state index contributed by atoms with van der Waals surface area (Å²) in [6.07, 6.45) is 10.9. The van der Waals surface area contributed by atoms with Crippen LogP contribution in [0, 0.1) is 6.92 Å². The first-order chi connectivity index (χ1) is 17.3. The molecule has 0 bridgehead atoms. The number of aryl methyl sites for hydroxylation is 1. The highest BCUT2D eigenvalue weighted by atomic mass is 16.5. The number of hydrogen-bond donors (Lipinski definition) is 2. The Labute approximate surface area is 214 Å². The first kappa shape index (κ1) is 29.4. The molecule has 1 aliphatic heterocycles. The number of ether oxygens (including phenoxy) is 2. The van der Waals surface area contributed by atoms with E-state index >= 15 is 0 Å². The highest BCUT2D eigenvalue weighted by molar-refractivity contribution is 6.01. The van der Waals surface area contributed by atoms with Gasteiger partial charge in [-0.3, -0.25) is 9.59 Å². The Morgan fingerprint density at radius 1 is 1.08 bits per heavy atom. The number of amides is 2. The SMILES string of the molecule is CCCCCC[C@H](CCCCC[C@@H](O)C(N)=O)OC(=O)[C@@H]1CC=CN1C(=O)c1c(C)cccc1OC. The molecular formula is C28H42N2O6. The molecule has 0 fully saturated rings. The number of carbonyl (C=O) groups excluding carboxylic acids is 3. The fraction of sp³-hybridized carbons (Fsp3) is 0.607. The van der Waals surface area contributed by atoms with Crippen LogP contribution in [0.25, 0.3) is 0 Å². The number of nitrogens with two attached hydrogens (primary N) is 1. The van der Waals surface area contributed by atoms with Crippen molar-refractivity contribution in [3.05, 3.63) is 41.6 Å². The number of carbonyl (C=O) groups is 3. The monoisotopic (exact) mass is 502 g/mol. The predicted molar refractivity (Wildman–Crippen MR) is 138 cm³/mol. The first-order valence-corrected chi connectivity index (χ1v) is 13.1. The summed E-state index contributed by atoms with van der Waals surface area (Å²) in [5.41, 5.74) is 6.32. The van der Waals surface area contributed by atoms with Gasteiger partial charge in [-0.2, -0.15) is 0 Å². The summed E-state index contributed by atoms with van der Waals surface area (Å²) in [6.45, 7) is 4.00. The summed E-state index contributed by atoms with van der Waals surface area (Å²) in [4.78, 5) is 39.0. The molecule has 1 aromatic carbocycles. The van der Waals surface area contributed by atoms with Gasteiger partial charge in [-0.1, -0.05) is 57.2 Å². The van der Waals surface area contributed by atoms with Crippen molar-refractivity contribution in [3.63, 3.8) is 0 Å². The second-order valence-corrected chi connectivity index (χ2v) is 9.47. The summed E-state index contributed by atoms with van der Waals surface area (Å²) in [5.74, 6) is -0.910. The molecule has 0 spiro atoms. The van der Waals surface area contributed by atoms with Gasteiger partial charge in [0.1, 0.15) is 24.0 Å². The van der Waals surface area contributed by atoms with E-state index in [9.17, 15) is 19.5 Å². The zero-order chi connectivity index (χ0) is 26.5. The quantitative estimate of drug-likeness (QED) is 0.255. The van der Waals surface area contributed by atoms with Crippen LogP contribution in [0.1, 0.15) is 93.5 Å². The standard InChI is InChI=1S/C28H42N2O6/c1-4-5-6-8-14-21(15-9-7-10-17-23(31)26(29)32)36-28(34)22-16-12-19-30(22)27(33)25-20(2)13-11-18-24(25)35-3/h11-13,18-19,21-23,31H,4-10,14-17H2,1-3H3,(H2,29,32)/t21-,22+,23-/m1/s1. The van der Waals surface area contributed by atoms with Gasteiger partial charge < -0.3 is 25.2 Å². The number of methoxy groups -OCH3 is 1. The van der Waals surface area contributed by atoms with Gasteiger partial charge in [0.25, 0.3) is 5.91 Å². The van der Waals surface area contributed by atoms with Crippen LogP contribution in [0.15, 0.2) is 30.5 Å². The van der Waals surface area contributed by atoms with E-state index in [0.29, 0.717) is 37.0 Å². The van der Waals surface area contributed by atoms with Crippen LogP contribution in [-0.2, 0) is 14.3 Å². The number of hydrogen-bond acceptors (Lipinski definition) is 6. The Morgan fingerprint density at radius 3 is 2.39 bits per heavy atom. The fourth-order valence-corrected chi connectivity index (χ4v) is 4.49. The molecule has 0 unspecified atom stereocenters. The van der Waals surface area contributed by atoms with Crippen LogP contribution in [-0.4, -0.2) is 53.1 Å². The lowest BCUT2D eigenvalue weighted by molar-refractivity contribution is -0.154. The number of primary amides is 1. The second kappa shape index (κ2) is 15.3. The van der Waals surface area contributed by atoms with Gasteiger partial charge in [0.2, 0.25) is 5.91 Å². The molecule has 0 saturated carbocycles. The second-order valence-electron chi connectivity index (χ2n) is 9.47.